The normalized spacial score (nSPS) is 21.2. The van der Waals surface area contributed by atoms with E-state index >= 15 is 0 Å². The molecule has 1 N–H and O–H groups in total. The zero-order chi connectivity index (χ0) is 16.4. The van der Waals surface area contributed by atoms with Crippen molar-refractivity contribution in [1.82, 2.24) is 20.0 Å². The first-order chi connectivity index (χ1) is 11.0. The van der Waals surface area contributed by atoms with E-state index in [1.54, 1.807) is 0 Å². The van der Waals surface area contributed by atoms with Gasteiger partial charge in [0.25, 0.3) is 0 Å². The molecule has 0 amide bonds. The van der Waals surface area contributed by atoms with Crippen molar-refractivity contribution in [2.75, 3.05) is 20.1 Å². The molecule has 0 aromatic carbocycles. The van der Waals surface area contributed by atoms with Crippen LogP contribution in [-0.2, 0) is 13.6 Å². The van der Waals surface area contributed by atoms with Gasteiger partial charge in [0.05, 0.1) is 5.69 Å². The number of likely N-dealkylation sites (tertiary alicyclic amines) is 1. The second kappa shape index (κ2) is 6.54. The van der Waals surface area contributed by atoms with Crippen LogP contribution in [0.1, 0.15) is 55.5 Å². The summed E-state index contributed by atoms with van der Waals surface area (Å²) in [4.78, 5) is 7.00. The van der Waals surface area contributed by atoms with Crippen molar-refractivity contribution in [2.45, 2.75) is 58.9 Å². The van der Waals surface area contributed by atoms with E-state index in [4.69, 9.17) is 0 Å². The van der Waals surface area contributed by atoms with Gasteiger partial charge in [0.1, 0.15) is 0 Å². The Kier molecular flexibility index (Phi) is 4.64. The summed E-state index contributed by atoms with van der Waals surface area (Å²) in [6.07, 6.45) is 8.39. The molecule has 128 valence electrons. The number of hydrogen-bond donors (Lipinski definition) is 1. The van der Waals surface area contributed by atoms with Crippen LogP contribution in [0.25, 0.3) is 0 Å². The molecule has 1 saturated heterocycles. The Bertz CT molecular complexity index is 580. The lowest BCUT2D eigenvalue weighted by Gasteiger charge is -2.33. The van der Waals surface area contributed by atoms with E-state index in [2.05, 4.69) is 34.2 Å². The summed E-state index contributed by atoms with van der Waals surface area (Å²) in [7, 11) is 3.91. The molecule has 2 aliphatic rings. The molecule has 0 atom stereocenters. The first-order valence-electron chi connectivity index (χ1n) is 8.99. The highest BCUT2D eigenvalue weighted by Crippen LogP contribution is 2.43. The Morgan fingerprint density at radius 3 is 2.57 bits per heavy atom. The number of aryl methyl sites for hydroxylation is 2. The lowest BCUT2D eigenvalue weighted by atomic mass is 9.73. The van der Waals surface area contributed by atoms with Crippen molar-refractivity contribution in [3.8, 4) is 0 Å². The van der Waals surface area contributed by atoms with Crippen molar-refractivity contribution in [1.29, 1.82) is 0 Å². The summed E-state index contributed by atoms with van der Waals surface area (Å²) in [5, 5.41) is 8.07. The van der Waals surface area contributed by atoms with Crippen LogP contribution in [-0.4, -0.2) is 40.8 Å². The maximum atomic E-state index is 4.53. The summed E-state index contributed by atoms with van der Waals surface area (Å²) in [6.45, 7) is 7.34. The third-order valence-electron chi connectivity index (χ3n) is 5.95. The lowest BCUT2D eigenvalue weighted by molar-refractivity contribution is 0.203. The van der Waals surface area contributed by atoms with Crippen LogP contribution in [0, 0.1) is 19.3 Å². The predicted octanol–water partition coefficient (Wildman–Crippen LogP) is 2.77. The van der Waals surface area contributed by atoms with Gasteiger partial charge >= 0.3 is 0 Å². The van der Waals surface area contributed by atoms with Gasteiger partial charge in [-0.3, -0.25) is 9.67 Å². The van der Waals surface area contributed by atoms with Gasteiger partial charge in [-0.15, -0.1) is 0 Å². The van der Waals surface area contributed by atoms with Gasteiger partial charge < -0.3 is 10.2 Å². The van der Waals surface area contributed by atoms with Crippen LogP contribution in [0.2, 0.25) is 0 Å². The Balaban J connectivity index is 1.63. The summed E-state index contributed by atoms with van der Waals surface area (Å²) >= 11 is 0. The third-order valence-corrected chi connectivity index (χ3v) is 5.95. The van der Waals surface area contributed by atoms with Crippen molar-refractivity contribution in [2.24, 2.45) is 17.5 Å². The topological polar surface area (TPSA) is 45.5 Å². The van der Waals surface area contributed by atoms with Crippen LogP contribution >= 0.6 is 0 Å². The van der Waals surface area contributed by atoms with Crippen LogP contribution in [0.5, 0.6) is 0 Å². The molecule has 1 saturated carbocycles. The average Bonchev–Trinajstić information content (AvgIpc) is 3.04. The molecule has 1 aromatic rings. The lowest BCUT2D eigenvalue weighted by Crippen LogP contribution is -2.41. The minimum Gasteiger partial charge on any atom is -0.352 e. The van der Waals surface area contributed by atoms with Crippen molar-refractivity contribution in [3.63, 3.8) is 0 Å². The van der Waals surface area contributed by atoms with E-state index in [0.29, 0.717) is 5.41 Å². The largest absolute Gasteiger partial charge is 0.352 e. The molecule has 1 aliphatic carbocycles. The molecule has 5 heteroatoms. The molecule has 2 heterocycles. The maximum absolute atomic E-state index is 4.53. The first kappa shape index (κ1) is 16.3. The van der Waals surface area contributed by atoms with E-state index in [1.807, 2.05) is 18.8 Å². The highest BCUT2D eigenvalue weighted by atomic mass is 15.3. The number of aliphatic imine (C=N–C) groups is 1. The standard InChI is InChI=1S/C18H31N5/c1-14-16(15(2)22(4)21-14)12-20-17(19-3)23-11-10-18(13-23)8-6-5-7-9-18/h5-13H2,1-4H3,(H,19,20). The van der Waals surface area contributed by atoms with Crippen LogP contribution in [0.15, 0.2) is 4.99 Å². The Morgan fingerprint density at radius 2 is 1.96 bits per heavy atom. The molecular weight excluding hydrogens is 286 g/mol. The summed E-state index contributed by atoms with van der Waals surface area (Å²) in [5.74, 6) is 1.05. The van der Waals surface area contributed by atoms with Gasteiger partial charge in [0.15, 0.2) is 5.96 Å². The molecule has 1 aromatic heterocycles. The number of hydrogen-bond acceptors (Lipinski definition) is 2. The average molecular weight is 317 g/mol. The van der Waals surface area contributed by atoms with E-state index in [-0.39, 0.29) is 0 Å². The fourth-order valence-corrected chi connectivity index (χ4v) is 4.40. The van der Waals surface area contributed by atoms with Gasteiger partial charge in [-0.2, -0.15) is 5.10 Å². The fourth-order valence-electron chi connectivity index (χ4n) is 4.40. The zero-order valence-corrected chi connectivity index (χ0v) is 15.2. The smallest absolute Gasteiger partial charge is 0.193 e. The van der Waals surface area contributed by atoms with Gasteiger partial charge in [-0.25, -0.2) is 0 Å². The fraction of sp³-hybridized carbons (Fsp3) is 0.778. The van der Waals surface area contributed by atoms with Crippen molar-refractivity contribution in [3.05, 3.63) is 17.0 Å². The minimum absolute atomic E-state index is 0.565. The van der Waals surface area contributed by atoms with Crippen LogP contribution < -0.4 is 5.32 Å². The van der Waals surface area contributed by atoms with E-state index in [0.717, 1.165) is 24.7 Å². The minimum atomic E-state index is 0.565. The Morgan fingerprint density at radius 1 is 1.22 bits per heavy atom. The van der Waals surface area contributed by atoms with Crippen LogP contribution in [0.3, 0.4) is 0 Å². The molecule has 0 unspecified atom stereocenters. The summed E-state index contributed by atoms with van der Waals surface area (Å²) in [5.41, 5.74) is 4.20. The van der Waals surface area contributed by atoms with Gasteiger partial charge in [-0.05, 0) is 38.5 Å². The third kappa shape index (κ3) is 3.24. The van der Waals surface area contributed by atoms with Gasteiger partial charge in [0, 0.05) is 45.0 Å². The molecule has 5 nitrogen and oxygen atoms in total. The Labute approximate surface area is 140 Å². The van der Waals surface area contributed by atoms with Gasteiger partial charge in [-0.1, -0.05) is 19.3 Å². The van der Waals surface area contributed by atoms with E-state index in [1.165, 1.54) is 56.3 Å². The van der Waals surface area contributed by atoms with Crippen molar-refractivity contribution < 1.29 is 0 Å². The highest BCUT2D eigenvalue weighted by molar-refractivity contribution is 5.80. The van der Waals surface area contributed by atoms with Gasteiger partial charge in [0.2, 0.25) is 0 Å². The molecule has 3 rings (SSSR count). The number of nitrogens with zero attached hydrogens (tertiary/aromatic N) is 4. The number of rotatable bonds is 2. The number of guanidine groups is 1. The number of nitrogens with one attached hydrogen (secondary N) is 1. The molecule has 0 radical (unpaired) electrons. The summed E-state index contributed by atoms with van der Waals surface area (Å²) in [6, 6.07) is 0. The Hall–Kier alpha value is -1.52. The molecular formula is C18H31N5. The van der Waals surface area contributed by atoms with Crippen molar-refractivity contribution >= 4 is 5.96 Å². The maximum Gasteiger partial charge on any atom is 0.193 e. The summed E-state index contributed by atoms with van der Waals surface area (Å²) < 4.78 is 1.96. The quantitative estimate of drug-likeness (QED) is 0.674. The predicted molar refractivity (Wildman–Crippen MR) is 94.6 cm³/mol. The SMILES string of the molecule is CN=C(NCc1c(C)nn(C)c1C)N1CCC2(CCCCC2)C1. The molecule has 1 aliphatic heterocycles. The zero-order valence-electron chi connectivity index (χ0n) is 15.2. The second-order valence-corrected chi connectivity index (χ2v) is 7.41. The molecule has 2 fully saturated rings. The molecule has 1 spiro atoms. The van der Waals surface area contributed by atoms with E-state index in [9.17, 15) is 0 Å². The van der Waals surface area contributed by atoms with Crippen LogP contribution in [0.4, 0.5) is 0 Å². The molecule has 0 bridgehead atoms. The first-order valence-corrected chi connectivity index (χ1v) is 8.99. The van der Waals surface area contributed by atoms with E-state index < -0.39 is 0 Å². The number of aromatic nitrogens is 2. The molecule has 23 heavy (non-hydrogen) atoms. The highest BCUT2D eigenvalue weighted by Gasteiger charge is 2.39. The second-order valence-electron chi connectivity index (χ2n) is 7.41. The monoisotopic (exact) mass is 317 g/mol.